The lowest BCUT2D eigenvalue weighted by Gasteiger charge is -2.09. The normalized spacial score (nSPS) is 12.6. The molecule has 6 nitrogen and oxygen atoms in total. The van der Waals surface area contributed by atoms with Crippen molar-refractivity contribution in [3.05, 3.63) is 66.4 Å². The average Bonchev–Trinajstić information content (AvgIpc) is 3.24. The van der Waals surface area contributed by atoms with Crippen molar-refractivity contribution in [1.29, 1.82) is 0 Å². The van der Waals surface area contributed by atoms with Crippen LogP contribution in [0.2, 0.25) is 0 Å². The summed E-state index contributed by atoms with van der Waals surface area (Å²) in [5, 5.41) is 4.20. The lowest BCUT2D eigenvalue weighted by molar-refractivity contribution is 0.321. The molecule has 0 saturated carbocycles. The Morgan fingerprint density at radius 2 is 1.96 bits per heavy atom. The lowest BCUT2D eigenvalue weighted by Crippen LogP contribution is -2.14. The summed E-state index contributed by atoms with van der Waals surface area (Å²) in [5.41, 5.74) is 2.37. The fourth-order valence-electron chi connectivity index (χ4n) is 2.79. The summed E-state index contributed by atoms with van der Waals surface area (Å²) in [5.74, 6) is 1.22. The van der Waals surface area contributed by atoms with Gasteiger partial charge in [-0.25, -0.2) is 24.0 Å². The van der Waals surface area contributed by atoms with Gasteiger partial charge in [-0.1, -0.05) is 30.3 Å². The van der Waals surface area contributed by atoms with Gasteiger partial charge in [0.1, 0.15) is 17.5 Å². The van der Waals surface area contributed by atoms with E-state index >= 15 is 0 Å². The fourth-order valence-corrected chi connectivity index (χ4v) is 2.79. The summed E-state index contributed by atoms with van der Waals surface area (Å²) >= 11 is 0. The molecule has 3 aromatic heterocycles. The van der Waals surface area contributed by atoms with Crippen LogP contribution in [0.1, 0.15) is 18.3 Å². The summed E-state index contributed by atoms with van der Waals surface area (Å²) in [7, 11) is 0. The topological polar surface area (TPSA) is 61.4 Å². The molecule has 0 fully saturated rings. The number of hydrogen-bond acceptors (Lipinski definition) is 4. The third-order valence-electron chi connectivity index (χ3n) is 3.87. The molecule has 0 aliphatic carbocycles. The van der Waals surface area contributed by atoms with Gasteiger partial charge < -0.3 is 0 Å². The Labute approximate surface area is 144 Å². The van der Waals surface area contributed by atoms with Crippen LogP contribution >= 0.6 is 0 Å². The minimum Gasteiger partial charge on any atom is -0.290 e. The van der Waals surface area contributed by atoms with Crippen LogP contribution in [0.5, 0.6) is 0 Å². The van der Waals surface area contributed by atoms with Crippen molar-refractivity contribution in [1.82, 2.24) is 29.3 Å². The van der Waals surface area contributed by atoms with Crippen molar-refractivity contribution in [2.45, 2.75) is 26.1 Å². The highest BCUT2D eigenvalue weighted by Gasteiger charge is 2.17. The molecule has 1 unspecified atom stereocenters. The van der Waals surface area contributed by atoms with E-state index in [-0.39, 0.29) is 6.54 Å². The van der Waals surface area contributed by atoms with Crippen LogP contribution in [0.15, 0.2) is 55.0 Å². The highest BCUT2D eigenvalue weighted by molar-refractivity contribution is 5.72. The highest BCUT2D eigenvalue weighted by atomic mass is 19.1. The van der Waals surface area contributed by atoms with Crippen molar-refractivity contribution >= 4 is 11.2 Å². The zero-order valence-corrected chi connectivity index (χ0v) is 13.7. The van der Waals surface area contributed by atoms with Gasteiger partial charge in [0.25, 0.3) is 0 Å². The number of hydrogen-bond donors (Lipinski definition) is 0. The molecule has 0 bridgehead atoms. The zero-order chi connectivity index (χ0) is 17.2. The Kier molecular flexibility index (Phi) is 3.97. The van der Waals surface area contributed by atoms with Crippen LogP contribution in [-0.2, 0) is 13.0 Å². The number of alkyl halides is 1. The van der Waals surface area contributed by atoms with Gasteiger partial charge in [0.05, 0.1) is 12.7 Å². The largest absolute Gasteiger partial charge is 0.290 e. The first-order valence-electron chi connectivity index (χ1n) is 8.11. The van der Waals surface area contributed by atoms with E-state index in [9.17, 15) is 4.39 Å². The van der Waals surface area contributed by atoms with Crippen molar-refractivity contribution in [2.75, 3.05) is 0 Å². The maximum Gasteiger partial charge on any atom is 0.233 e. The maximum atomic E-state index is 13.7. The van der Waals surface area contributed by atoms with Gasteiger partial charge in [-0.15, -0.1) is 0 Å². The Bertz CT molecular complexity index is 976. The Balaban J connectivity index is 1.80. The number of nitrogens with zero attached hydrogens (tertiary/aromatic N) is 6. The van der Waals surface area contributed by atoms with Crippen LogP contribution in [-0.4, -0.2) is 35.5 Å². The summed E-state index contributed by atoms with van der Waals surface area (Å²) < 4.78 is 17.1. The first kappa shape index (κ1) is 15.4. The molecule has 3 heterocycles. The quantitative estimate of drug-likeness (QED) is 0.562. The SMILES string of the molecule is CC(F)Cn1c(-n2cccn2)nc2cnc(Cc3ccccc3)nc21. The molecule has 0 radical (unpaired) electrons. The third kappa shape index (κ3) is 3.13. The van der Waals surface area contributed by atoms with Crippen LogP contribution in [0.25, 0.3) is 17.1 Å². The number of rotatable bonds is 5. The first-order valence-corrected chi connectivity index (χ1v) is 8.11. The molecular weight excluding hydrogens is 319 g/mol. The molecule has 0 aliphatic heterocycles. The number of aromatic nitrogens is 6. The summed E-state index contributed by atoms with van der Waals surface area (Å²) in [6.45, 7) is 1.68. The van der Waals surface area contributed by atoms with Crippen LogP contribution in [0.3, 0.4) is 0 Å². The zero-order valence-electron chi connectivity index (χ0n) is 13.7. The van der Waals surface area contributed by atoms with Crippen LogP contribution in [0, 0.1) is 0 Å². The number of benzene rings is 1. The predicted molar refractivity (Wildman–Crippen MR) is 92.3 cm³/mol. The molecule has 0 spiro atoms. The second kappa shape index (κ2) is 6.43. The molecule has 1 atom stereocenters. The minimum absolute atomic E-state index is 0.160. The fraction of sp³-hybridized carbons (Fsp3) is 0.222. The molecule has 0 amide bonds. The van der Waals surface area contributed by atoms with Gasteiger partial charge in [-0.05, 0) is 18.6 Å². The summed E-state index contributed by atoms with van der Waals surface area (Å²) in [4.78, 5) is 13.6. The van der Waals surface area contributed by atoms with E-state index in [1.54, 1.807) is 33.9 Å². The monoisotopic (exact) mass is 336 g/mol. The van der Waals surface area contributed by atoms with Crippen LogP contribution in [0.4, 0.5) is 4.39 Å². The molecule has 4 aromatic rings. The highest BCUT2D eigenvalue weighted by Crippen LogP contribution is 2.18. The molecule has 1 aromatic carbocycles. The standard InChI is InChI=1S/C18H17FN6/c1-13(19)12-24-17-15(22-18(24)25-9-5-8-21-25)11-20-16(23-17)10-14-6-3-2-4-7-14/h2-9,11,13H,10,12H2,1H3. The van der Waals surface area contributed by atoms with E-state index < -0.39 is 6.17 Å². The number of halogens is 1. The van der Waals surface area contributed by atoms with E-state index in [1.165, 1.54) is 6.92 Å². The van der Waals surface area contributed by atoms with Crippen molar-refractivity contribution in [2.24, 2.45) is 0 Å². The maximum absolute atomic E-state index is 13.7. The molecule has 4 rings (SSSR count). The van der Waals surface area contributed by atoms with Gasteiger partial charge in [-0.3, -0.25) is 4.57 Å². The molecule has 25 heavy (non-hydrogen) atoms. The molecule has 0 N–H and O–H groups in total. The van der Waals surface area contributed by atoms with Gasteiger partial charge in [-0.2, -0.15) is 5.10 Å². The van der Waals surface area contributed by atoms with E-state index in [4.69, 9.17) is 0 Å². The molecular formula is C18H17FN6. The number of fused-ring (bicyclic) bond motifs is 1. The van der Waals surface area contributed by atoms with Gasteiger partial charge in [0.2, 0.25) is 5.95 Å². The van der Waals surface area contributed by atoms with Crippen molar-refractivity contribution in [3.8, 4) is 5.95 Å². The van der Waals surface area contributed by atoms with Crippen molar-refractivity contribution < 1.29 is 4.39 Å². The lowest BCUT2D eigenvalue weighted by atomic mass is 10.1. The summed E-state index contributed by atoms with van der Waals surface area (Å²) in [6, 6.07) is 11.8. The molecule has 0 saturated heterocycles. The average molecular weight is 336 g/mol. The Morgan fingerprint density at radius 1 is 1.12 bits per heavy atom. The number of imidazole rings is 1. The second-order valence-electron chi connectivity index (χ2n) is 5.91. The third-order valence-corrected chi connectivity index (χ3v) is 3.87. The predicted octanol–water partition coefficient (Wildman–Crippen LogP) is 2.96. The van der Waals surface area contributed by atoms with E-state index in [0.717, 1.165) is 5.56 Å². The summed E-state index contributed by atoms with van der Waals surface area (Å²) in [6.07, 6.45) is 4.71. The second-order valence-corrected chi connectivity index (χ2v) is 5.91. The molecule has 0 aliphatic rings. The molecule has 126 valence electrons. The van der Waals surface area contributed by atoms with E-state index in [0.29, 0.717) is 29.4 Å². The smallest absolute Gasteiger partial charge is 0.233 e. The molecule has 7 heteroatoms. The van der Waals surface area contributed by atoms with E-state index in [2.05, 4.69) is 20.1 Å². The Morgan fingerprint density at radius 3 is 2.68 bits per heavy atom. The van der Waals surface area contributed by atoms with E-state index in [1.807, 2.05) is 30.3 Å². The van der Waals surface area contributed by atoms with Gasteiger partial charge in [0.15, 0.2) is 5.65 Å². The minimum atomic E-state index is -1.03. The van der Waals surface area contributed by atoms with Crippen LogP contribution < -0.4 is 0 Å². The van der Waals surface area contributed by atoms with Crippen molar-refractivity contribution in [3.63, 3.8) is 0 Å². The van der Waals surface area contributed by atoms with Gasteiger partial charge in [0, 0.05) is 18.8 Å². The van der Waals surface area contributed by atoms with Gasteiger partial charge >= 0.3 is 0 Å². The first-order chi connectivity index (χ1) is 12.2. The Hall–Kier alpha value is -3.09.